The van der Waals surface area contributed by atoms with Crippen molar-refractivity contribution in [3.05, 3.63) is 42.5 Å². The summed E-state index contributed by atoms with van der Waals surface area (Å²) in [5.41, 5.74) is 0.714. The predicted octanol–water partition coefficient (Wildman–Crippen LogP) is 4.29. The fourth-order valence-electron chi connectivity index (χ4n) is 3.88. The number of carbonyl (C=O) groups is 2. The average molecular weight is 369 g/mol. The van der Waals surface area contributed by atoms with Gasteiger partial charge in [0.05, 0.1) is 0 Å². The molecule has 1 aliphatic carbocycles. The number of Topliss-reactive ketones (excluding diaryl/α,β-unsaturated/α-hetero) is 1. The first-order valence-electron chi connectivity index (χ1n) is 8.87. The Labute approximate surface area is 159 Å². The average Bonchev–Trinajstić information content (AvgIpc) is 2.57. The van der Waals surface area contributed by atoms with Gasteiger partial charge in [-0.1, -0.05) is 44.2 Å². The third-order valence-corrected chi connectivity index (χ3v) is 5.86. The second-order valence-electron chi connectivity index (χ2n) is 7.69. The maximum Gasteiger partial charge on any atom is 0.226 e. The molecule has 5 heteroatoms. The fourth-order valence-corrected chi connectivity index (χ4v) is 4.11. The van der Waals surface area contributed by atoms with Gasteiger partial charge in [0, 0.05) is 18.0 Å². The predicted molar refractivity (Wildman–Crippen MR) is 109 cm³/mol. The molecular weight excluding hydrogens is 344 g/mol. The van der Waals surface area contributed by atoms with E-state index >= 15 is 0 Å². The zero-order chi connectivity index (χ0) is 18.9. The van der Waals surface area contributed by atoms with Crippen LogP contribution in [-0.4, -0.2) is 16.8 Å². The summed E-state index contributed by atoms with van der Waals surface area (Å²) in [5, 5.41) is 8.38. The number of amides is 1. The van der Waals surface area contributed by atoms with Crippen molar-refractivity contribution in [3.63, 3.8) is 0 Å². The van der Waals surface area contributed by atoms with Gasteiger partial charge >= 0.3 is 0 Å². The lowest BCUT2D eigenvalue weighted by Crippen LogP contribution is -2.50. The van der Waals surface area contributed by atoms with Gasteiger partial charge in [-0.25, -0.2) is 0 Å². The van der Waals surface area contributed by atoms with Gasteiger partial charge in [0.2, 0.25) is 5.91 Å². The molecule has 1 saturated carbocycles. The molecule has 136 valence electrons. The van der Waals surface area contributed by atoms with E-state index in [-0.39, 0.29) is 28.9 Å². The van der Waals surface area contributed by atoms with Gasteiger partial charge in [-0.05, 0) is 59.8 Å². The van der Waals surface area contributed by atoms with Crippen LogP contribution in [0.3, 0.4) is 0 Å². The molecule has 2 aromatic rings. The second kappa shape index (κ2) is 7.16. The SMILES string of the molecule is CC(=O)[C@@H]1C[C@H](CC(=O)NC(=S)Nc2ccc3ccccc3c2)C1(C)C. The Bertz CT molecular complexity index is 875. The molecule has 0 bridgehead atoms. The molecule has 0 saturated heterocycles. The Balaban J connectivity index is 1.54. The highest BCUT2D eigenvalue weighted by Gasteiger charge is 2.50. The first-order valence-corrected chi connectivity index (χ1v) is 9.28. The second-order valence-corrected chi connectivity index (χ2v) is 8.09. The van der Waals surface area contributed by atoms with Gasteiger partial charge in [-0.3, -0.25) is 9.59 Å². The number of anilines is 1. The molecule has 2 atom stereocenters. The van der Waals surface area contributed by atoms with Crippen molar-refractivity contribution >= 4 is 45.5 Å². The molecule has 0 spiro atoms. The van der Waals surface area contributed by atoms with Gasteiger partial charge in [0.1, 0.15) is 5.78 Å². The summed E-state index contributed by atoms with van der Waals surface area (Å²) in [6, 6.07) is 14.0. The van der Waals surface area contributed by atoms with Crippen LogP contribution < -0.4 is 10.6 Å². The molecule has 1 aliphatic rings. The Morgan fingerprint density at radius 1 is 1.15 bits per heavy atom. The van der Waals surface area contributed by atoms with E-state index in [4.69, 9.17) is 12.2 Å². The molecule has 2 aromatic carbocycles. The van der Waals surface area contributed by atoms with Gasteiger partial charge in [-0.2, -0.15) is 0 Å². The summed E-state index contributed by atoms with van der Waals surface area (Å²) >= 11 is 5.27. The lowest BCUT2D eigenvalue weighted by atomic mass is 9.52. The number of thiocarbonyl (C=S) groups is 1. The standard InChI is InChI=1S/C21H24N2O2S/c1-13(24)18-11-16(21(18,2)3)12-19(25)23-20(26)22-17-9-8-14-6-4-5-7-15(14)10-17/h4-10,16,18H,11-12H2,1-3H3,(H2,22,23,25,26)/t16-,18+/m1/s1. The summed E-state index contributed by atoms with van der Waals surface area (Å²) < 4.78 is 0. The van der Waals surface area contributed by atoms with Gasteiger partial charge in [0.25, 0.3) is 0 Å². The Hall–Kier alpha value is -2.27. The third-order valence-electron chi connectivity index (χ3n) is 5.65. The Morgan fingerprint density at radius 3 is 2.50 bits per heavy atom. The zero-order valence-electron chi connectivity index (χ0n) is 15.3. The van der Waals surface area contributed by atoms with Crippen LogP contribution in [-0.2, 0) is 9.59 Å². The van der Waals surface area contributed by atoms with Gasteiger partial charge < -0.3 is 10.6 Å². The fraction of sp³-hybridized carbons (Fsp3) is 0.381. The van der Waals surface area contributed by atoms with Crippen LogP contribution in [0.15, 0.2) is 42.5 Å². The quantitative estimate of drug-likeness (QED) is 0.790. The van der Waals surface area contributed by atoms with Gasteiger partial charge in [0.15, 0.2) is 5.11 Å². The summed E-state index contributed by atoms with van der Waals surface area (Å²) in [6.45, 7) is 5.75. The third kappa shape index (κ3) is 3.78. The largest absolute Gasteiger partial charge is 0.332 e. The molecule has 0 aliphatic heterocycles. The number of hydrogen-bond donors (Lipinski definition) is 2. The Morgan fingerprint density at radius 2 is 1.85 bits per heavy atom. The molecule has 0 heterocycles. The topological polar surface area (TPSA) is 58.2 Å². The van der Waals surface area contributed by atoms with E-state index in [1.807, 2.05) is 42.5 Å². The summed E-state index contributed by atoms with van der Waals surface area (Å²) in [4.78, 5) is 23.9. The van der Waals surface area contributed by atoms with Crippen molar-refractivity contribution in [2.75, 3.05) is 5.32 Å². The van der Waals surface area contributed by atoms with E-state index in [2.05, 4.69) is 24.5 Å². The number of hydrogen-bond acceptors (Lipinski definition) is 3. The van der Waals surface area contributed by atoms with Crippen molar-refractivity contribution < 1.29 is 9.59 Å². The highest BCUT2D eigenvalue weighted by Crippen LogP contribution is 2.53. The number of carbonyl (C=O) groups excluding carboxylic acids is 2. The van der Waals surface area contributed by atoms with Crippen LogP contribution in [0.4, 0.5) is 5.69 Å². The maximum absolute atomic E-state index is 12.3. The summed E-state index contributed by atoms with van der Waals surface area (Å²) in [5.74, 6) is 0.367. The molecule has 2 N–H and O–H groups in total. The minimum atomic E-state index is -0.128. The van der Waals surface area contributed by atoms with E-state index in [0.717, 1.165) is 22.9 Å². The minimum absolute atomic E-state index is 0.0583. The van der Waals surface area contributed by atoms with E-state index in [0.29, 0.717) is 11.5 Å². The van der Waals surface area contributed by atoms with Crippen molar-refractivity contribution in [2.24, 2.45) is 17.3 Å². The number of fused-ring (bicyclic) bond motifs is 1. The molecule has 4 nitrogen and oxygen atoms in total. The van der Waals surface area contributed by atoms with Crippen molar-refractivity contribution in [3.8, 4) is 0 Å². The lowest BCUT2D eigenvalue weighted by Gasteiger charge is -2.51. The van der Waals surface area contributed by atoms with E-state index in [1.165, 1.54) is 0 Å². The first kappa shape index (κ1) is 18.5. The van der Waals surface area contributed by atoms with E-state index in [1.54, 1.807) is 6.92 Å². The molecule has 1 fully saturated rings. The van der Waals surface area contributed by atoms with Crippen molar-refractivity contribution in [1.29, 1.82) is 0 Å². The monoisotopic (exact) mass is 368 g/mol. The van der Waals surface area contributed by atoms with E-state index in [9.17, 15) is 9.59 Å². The highest BCUT2D eigenvalue weighted by molar-refractivity contribution is 7.80. The minimum Gasteiger partial charge on any atom is -0.332 e. The maximum atomic E-state index is 12.3. The van der Waals surface area contributed by atoms with Crippen molar-refractivity contribution in [2.45, 2.75) is 33.6 Å². The normalized spacial score (nSPS) is 20.9. The van der Waals surface area contributed by atoms with Gasteiger partial charge in [-0.15, -0.1) is 0 Å². The number of ketones is 1. The molecule has 1 amide bonds. The smallest absolute Gasteiger partial charge is 0.226 e. The zero-order valence-corrected chi connectivity index (χ0v) is 16.2. The molecule has 26 heavy (non-hydrogen) atoms. The first-order chi connectivity index (χ1) is 12.3. The highest BCUT2D eigenvalue weighted by atomic mass is 32.1. The molecule has 0 radical (unpaired) electrons. The van der Waals surface area contributed by atoms with Crippen LogP contribution in [0.2, 0.25) is 0 Å². The molecule has 0 aromatic heterocycles. The molecular formula is C21H24N2O2S. The van der Waals surface area contributed by atoms with Crippen molar-refractivity contribution in [1.82, 2.24) is 5.32 Å². The Kier molecular flexibility index (Phi) is 5.10. The van der Waals surface area contributed by atoms with Crippen LogP contribution >= 0.6 is 12.2 Å². The van der Waals surface area contributed by atoms with Crippen LogP contribution in [0, 0.1) is 17.3 Å². The number of nitrogens with one attached hydrogen (secondary N) is 2. The molecule has 3 rings (SSSR count). The van der Waals surface area contributed by atoms with Crippen LogP contribution in [0.5, 0.6) is 0 Å². The molecule has 0 unspecified atom stereocenters. The summed E-state index contributed by atoms with van der Waals surface area (Å²) in [6.07, 6.45) is 1.16. The van der Waals surface area contributed by atoms with E-state index < -0.39 is 0 Å². The number of benzene rings is 2. The van der Waals surface area contributed by atoms with Crippen LogP contribution in [0.25, 0.3) is 10.8 Å². The lowest BCUT2D eigenvalue weighted by molar-refractivity contribution is -0.140. The number of rotatable bonds is 4. The van der Waals surface area contributed by atoms with Crippen LogP contribution in [0.1, 0.15) is 33.6 Å². The summed E-state index contributed by atoms with van der Waals surface area (Å²) in [7, 11) is 0.